The van der Waals surface area contributed by atoms with Gasteiger partial charge in [-0.15, -0.1) is 0 Å². The van der Waals surface area contributed by atoms with Gasteiger partial charge in [0, 0.05) is 25.5 Å². The van der Waals surface area contributed by atoms with Crippen molar-refractivity contribution in [3.63, 3.8) is 0 Å². The number of benzene rings is 4. The molecule has 8 aromatic rings. The van der Waals surface area contributed by atoms with E-state index in [0.29, 0.717) is 47.2 Å². The van der Waals surface area contributed by atoms with Crippen molar-refractivity contribution in [3.8, 4) is 33.6 Å². The summed E-state index contributed by atoms with van der Waals surface area (Å²) in [7, 11) is 0. The number of imidazole rings is 2. The van der Waals surface area contributed by atoms with E-state index in [0.717, 1.165) is 59.3 Å². The second kappa shape index (κ2) is 20.5. The van der Waals surface area contributed by atoms with Crippen LogP contribution < -0.4 is 21.3 Å². The van der Waals surface area contributed by atoms with Gasteiger partial charge >= 0.3 is 12.1 Å². The molecule has 2 fully saturated rings. The maximum atomic E-state index is 14.3. The number of pyridine rings is 2. The number of hydrogen-bond donors (Lipinski definition) is 6. The number of carbonyl (C=O) groups excluding carboxylic acids is 4. The van der Waals surface area contributed by atoms with Gasteiger partial charge in [0.2, 0.25) is 11.8 Å². The number of aromatic nitrogens is 6. The van der Waals surface area contributed by atoms with Crippen molar-refractivity contribution >= 4 is 35.3 Å². The average Bonchev–Trinajstić information content (AvgIpc) is 4.27. The van der Waals surface area contributed by atoms with E-state index < -0.39 is 24.1 Å². The lowest BCUT2D eigenvalue weighted by Gasteiger charge is -2.28. The van der Waals surface area contributed by atoms with Gasteiger partial charge < -0.3 is 41.0 Å². The minimum Gasteiger partial charge on any atom is -0.340 e. The largest absolute Gasteiger partial charge is 0.340 e. The van der Waals surface area contributed by atoms with E-state index in [4.69, 9.17) is 9.97 Å². The SMILES string of the molecule is O=C(Nc1cccnc1)N[C@@H](C(=O)N1CCC[C@H]1c1ncc(-c2ccc(-c3ccc(-c4cnc([C@@H]5CCCN5C(=O)[C@H](NC(=O)Nc5cccnc5)c5ccccc5)[nH]4)cc3)cc2)[nH]1)c1ccccc1. The Kier molecular flexibility index (Phi) is 13.2. The number of urea groups is 2. The van der Waals surface area contributed by atoms with Gasteiger partial charge in [0.05, 0.1) is 59.6 Å². The molecule has 0 aliphatic carbocycles. The summed E-state index contributed by atoms with van der Waals surface area (Å²) < 4.78 is 0. The average molecular weight is 931 g/mol. The predicted molar refractivity (Wildman–Crippen MR) is 266 cm³/mol. The Morgan fingerprint density at radius 3 is 1.27 bits per heavy atom. The van der Waals surface area contributed by atoms with Crippen molar-refractivity contribution in [3.05, 3.63) is 193 Å². The molecule has 0 spiro atoms. The molecule has 350 valence electrons. The summed E-state index contributed by atoms with van der Waals surface area (Å²) in [6.07, 6.45) is 13.0. The Morgan fingerprint density at radius 2 is 0.886 bits per heavy atom. The summed E-state index contributed by atoms with van der Waals surface area (Å²) in [4.78, 5) is 83.0. The Bertz CT molecular complexity index is 2850. The van der Waals surface area contributed by atoms with Crippen molar-refractivity contribution in [1.29, 1.82) is 0 Å². The number of H-pyrrole nitrogens is 2. The molecule has 2 saturated heterocycles. The molecule has 2 aliphatic rings. The fraction of sp³-hybridized carbons (Fsp3) is 0.185. The zero-order valence-corrected chi connectivity index (χ0v) is 38.0. The predicted octanol–water partition coefficient (Wildman–Crippen LogP) is 9.38. The summed E-state index contributed by atoms with van der Waals surface area (Å²) in [5.74, 6) is 0.958. The van der Waals surface area contributed by atoms with E-state index in [1.165, 1.54) is 0 Å². The number of carbonyl (C=O) groups is 4. The van der Waals surface area contributed by atoms with Crippen molar-refractivity contribution < 1.29 is 19.2 Å². The molecule has 6 N–H and O–H groups in total. The molecule has 0 radical (unpaired) electrons. The number of hydrogen-bond acceptors (Lipinski definition) is 8. The lowest BCUT2D eigenvalue weighted by Crippen LogP contribution is -2.44. The van der Waals surface area contributed by atoms with E-state index in [2.05, 4.69) is 89.7 Å². The van der Waals surface area contributed by atoms with Crippen LogP contribution in [0.4, 0.5) is 21.0 Å². The van der Waals surface area contributed by atoms with E-state index in [-0.39, 0.29) is 23.9 Å². The molecule has 70 heavy (non-hydrogen) atoms. The van der Waals surface area contributed by atoms with Crippen LogP contribution in [-0.2, 0) is 9.59 Å². The van der Waals surface area contributed by atoms with Crippen LogP contribution in [0.2, 0.25) is 0 Å². The number of anilines is 2. The van der Waals surface area contributed by atoms with Crippen LogP contribution in [0.15, 0.2) is 171 Å². The topological polar surface area (TPSA) is 206 Å². The first-order chi connectivity index (χ1) is 34.3. The Labute approximate surface area is 404 Å². The Balaban J connectivity index is 0.787. The molecule has 0 unspecified atom stereocenters. The van der Waals surface area contributed by atoms with Crippen LogP contribution in [0.1, 0.15) is 72.6 Å². The highest BCUT2D eigenvalue weighted by Crippen LogP contribution is 2.36. The number of likely N-dealkylation sites (tertiary alicyclic amines) is 2. The monoisotopic (exact) mass is 930 g/mol. The number of nitrogens with one attached hydrogen (secondary N) is 6. The summed E-state index contributed by atoms with van der Waals surface area (Å²) in [6, 6.07) is 38.5. The molecule has 6 amide bonds. The highest BCUT2D eigenvalue weighted by Gasteiger charge is 2.38. The van der Waals surface area contributed by atoms with Gasteiger partial charge in [0.1, 0.15) is 23.7 Å². The quantitative estimate of drug-likeness (QED) is 0.0655. The van der Waals surface area contributed by atoms with E-state index in [1.54, 1.807) is 61.4 Å². The first-order valence-corrected chi connectivity index (χ1v) is 23.3. The summed E-state index contributed by atoms with van der Waals surface area (Å²) in [5, 5.41) is 11.3. The van der Waals surface area contributed by atoms with Crippen LogP contribution in [0.25, 0.3) is 33.6 Å². The Morgan fingerprint density at radius 1 is 0.486 bits per heavy atom. The normalized spacial score (nSPS) is 16.3. The van der Waals surface area contributed by atoms with E-state index in [1.807, 2.05) is 70.5 Å². The second-order valence-corrected chi connectivity index (χ2v) is 17.3. The maximum Gasteiger partial charge on any atom is 0.320 e. The molecular formula is C54H50N12O4. The highest BCUT2D eigenvalue weighted by atomic mass is 16.2. The number of rotatable bonds is 13. The zero-order chi connectivity index (χ0) is 47.8. The van der Waals surface area contributed by atoms with Gasteiger partial charge in [0.25, 0.3) is 0 Å². The molecule has 4 aromatic heterocycles. The highest BCUT2D eigenvalue weighted by molar-refractivity contribution is 5.95. The molecule has 2 aliphatic heterocycles. The van der Waals surface area contributed by atoms with Crippen molar-refractivity contribution in [1.82, 2.24) is 50.3 Å². The van der Waals surface area contributed by atoms with Crippen LogP contribution in [-0.4, -0.2) is 76.7 Å². The van der Waals surface area contributed by atoms with Crippen molar-refractivity contribution in [2.75, 3.05) is 23.7 Å². The molecule has 0 saturated carbocycles. The molecule has 16 nitrogen and oxygen atoms in total. The number of aromatic amines is 2. The molecule has 0 bridgehead atoms. The van der Waals surface area contributed by atoms with Gasteiger partial charge in [-0.05, 0) is 83.3 Å². The fourth-order valence-corrected chi connectivity index (χ4v) is 9.29. The van der Waals surface area contributed by atoms with Crippen molar-refractivity contribution in [2.24, 2.45) is 0 Å². The first kappa shape index (κ1) is 44.9. The lowest BCUT2D eigenvalue weighted by molar-refractivity contribution is -0.135. The Hall–Kier alpha value is -8.92. The van der Waals surface area contributed by atoms with Crippen LogP contribution in [0.3, 0.4) is 0 Å². The molecule has 4 aromatic carbocycles. The van der Waals surface area contributed by atoms with Crippen molar-refractivity contribution in [2.45, 2.75) is 49.9 Å². The van der Waals surface area contributed by atoms with Gasteiger partial charge in [-0.1, -0.05) is 109 Å². The third-order valence-corrected chi connectivity index (χ3v) is 12.8. The van der Waals surface area contributed by atoms with Crippen LogP contribution >= 0.6 is 0 Å². The van der Waals surface area contributed by atoms with E-state index >= 15 is 0 Å². The van der Waals surface area contributed by atoms with Crippen LogP contribution in [0, 0.1) is 0 Å². The van der Waals surface area contributed by atoms with Gasteiger partial charge in [0.15, 0.2) is 0 Å². The summed E-state index contributed by atoms with van der Waals surface area (Å²) in [6.45, 7) is 1.07. The minimum absolute atomic E-state index is 0.212. The molecule has 16 heteroatoms. The third-order valence-electron chi connectivity index (χ3n) is 12.8. The zero-order valence-electron chi connectivity index (χ0n) is 38.0. The second-order valence-electron chi connectivity index (χ2n) is 17.3. The lowest BCUT2D eigenvalue weighted by atomic mass is 10.0. The molecule has 6 heterocycles. The first-order valence-electron chi connectivity index (χ1n) is 23.3. The molecule has 10 rings (SSSR count). The third kappa shape index (κ3) is 10.0. The maximum absolute atomic E-state index is 14.3. The smallest absolute Gasteiger partial charge is 0.320 e. The van der Waals surface area contributed by atoms with E-state index in [9.17, 15) is 19.2 Å². The summed E-state index contributed by atoms with van der Waals surface area (Å²) >= 11 is 0. The molecule has 4 atom stereocenters. The van der Waals surface area contributed by atoms with Crippen LogP contribution in [0.5, 0.6) is 0 Å². The van der Waals surface area contributed by atoms with Gasteiger partial charge in [-0.25, -0.2) is 19.6 Å². The fourth-order valence-electron chi connectivity index (χ4n) is 9.29. The minimum atomic E-state index is -0.907. The molecular weight excluding hydrogens is 881 g/mol. The standard InChI is InChI=1S/C54H50N12O4/c67-51(47(39-11-3-1-4-12-39)63-53(69)59-41-15-7-27-55-31-41)65-29-9-17-45(65)49-57-33-43(61-49)37-23-19-35(20-24-37)36-21-25-38(26-22-36)44-34-58-50(62-44)46-18-10-30-66(46)52(68)48(40-13-5-2-6-14-40)64-54(70)60-42-16-8-28-56-32-42/h1-8,11-16,19-28,31-34,45-48H,9-10,17-18,29-30H2,(H,57,61)(H,58,62)(H2,59,63,69)(H2,60,64,70)/t45-,46-,47+,48+/m0/s1. The summed E-state index contributed by atoms with van der Waals surface area (Å²) in [5.41, 5.74) is 8.05. The van der Waals surface area contributed by atoms with Gasteiger partial charge in [-0.3, -0.25) is 19.6 Å². The number of amides is 6. The van der Waals surface area contributed by atoms with Gasteiger partial charge in [-0.2, -0.15) is 0 Å². The number of nitrogens with zero attached hydrogens (tertiary/aromatic N) is 6.